The number of nitrogens with zero attached hydrogens (tertiary/aromatic N) is 1. The Morgan fingerprint density at radius 2 is 1.88 bits per heavy atom. The first-order chi connectivity index (χ1) is 20.0. The van der Waals surface area contributed by atoms with Gasteiger partial charge in [-0.2, -0.15) is 0 Å². The lowest BCUT2D eigenvalue weighted by atomic mass is 9.41. The van der Waals surface area contributed by atoms with E-state index in [-0.39, 0.29) is 48.3 Å². The van der Waals surface area contributed by atoms with Crippen LogP contribution in [-0.4, -0.2) is 99.4 Å². The van der Waals surface area contributed by atoms with E-state index in [1.807, 2.05) is 6.21 Å². The Balaban J connectivity index is 1.26. The van der Waals surface area contributed by atoms with E-state index in [9.17, 15) is 30.3 Å². The molecule has 0 radical (unpaired) electrons. The van der Waals surface area contributed by atoms with Gasteiger partial charge in [0.25, 0.3) is 0 Å². The summed E-state index contributed by atoms with van der Waals surface area (Å²) >= 11 is 0. The van der Waals surface area contributed by atoms with E-state index >= 15 is 0 Å². The Labute approximate surface area is 248 Å². The van der Waals surface area contributed by atoms with E-state index in [0.717, 1.165) is 24.8 Å². The second kappa shape index (κ2) is 11.2. The molecule has 0 bridgehead atoms. The number of fused-ring (bicyclic) bond motifs is 5. The van der Waals surface area contributed by atoms with Gasteiger partial charge >= 0.3 is 5.97 Å². The molecule has 6 rings (SSSR count). The predicted octanol–water partition coefficient (Wildman–Crippen LogP) is 2.03. The first-order valence-electron chi connectivity index (χ1n) is 16.1. The molecule has 10 nitrogen and oxygen atoms in total. The smallest absolute Gasteiger partial charge is 0.331 e. The number of rotatable bonds is 7. The van der Waals surface area contributed by atoms with Gasteiger partial charge in [-0.25, -0.2) is 4.79 Å². The molecule has 12 unspecified atom stereocenters. The van der Waals surface area contributed by atoms with Crippen molar-refractivity contribution in [3.8, 4) is 0 Å². The minimum absolute atomic E-state index is 0.0129. The molecule has 4 saturated carbocycles. The average Bonchev–Trinajstić information content (AvgIpc) is 3.49. The Kier molecular flexibility index (Phi) is 8.16. The second-order valence-electron chi connectivity index (χ2n) is 14.3. The van der Waals surface area contributed by atoms with Crippen molar-refractivity contribution in [1.82, 2.24) is 0 Å². The van der Waals surface area contributed by atoms with Gasteiger partial charge in [-0.3, -0.25) is 4.99 Å². The van der Waals surface area contributed by atoms with Crippen LogP contribution in [0.2, 0.25) is 0 Å². The minimum atomic E-state index is -1.09. The maximum absolute atomic E-state index is 12.6. The summed E-state index contributed by atoms with van der Waals surface area (Å²) in [6.45, 7) is 4.75. The summed E-state index contributed by atoms with van der Waals surface area (Å²) in [5, 5.41) is 54.8. The summed E-state index contributed by atoms with van der Waals surface area (Å²) in [4.78, 5) is 16.7. The largest absolute Gasteiger partial charge is 0.458 e. The van der Waals surface area contributed by atoms with Crippen LogP contribution >= 0.6 is 0 Å². The van der Waals surface area contributed by atoms with Crippen LogP contribution in [0.15, 0.2) is 16.6 Å². The van der Waals surface area contributed by atoms with E-state index < -0.39 is 41.2 Å². The van der Waals surface area contributed by atoms with Crippen molar-refractivity contribution in [3.05, 3.63) is 11.6 Å². The molecule has 6 aliphatic rings. The van der Waals surface area contributed by atoms with Crippen LogP contribution in [0.1, 0.15) is 84.5 Å². The molecule has 42 heavy (non-hydrogen) atoms. The van der Waals surface area contributed by atoms with Gasteiger partial charge in [0.05, 0.1) is 29.5 Å². The fourth-order valence-electron chi connectivity index (χ4n) is 10.2. The lowest BCUT2D eigenvalue weighted by Gasteiger charge is -2.66. The number of hydrogen-bond acceptors (Lipinski definition) is 10. The monoisotopic (exact) mass is 591 g/mol. The van der Waals surface area contributed by atoms with E-state index in [4.69, 9.17) is 19.2 Å². The number of aliphatic hydroxyl groups excluding tert-OH is 3. The summed E-state index contributed by atoms with van der Waals surface area (Å²) in [5.41, 5.74) is -2.02. The maximum atomic E-state index is 12.6. The highest BCUT2D eigenvalue weighted by atomic mass is 16.7. The fourth-order valence-corrected chi connectivity index (χ4v) is 10.2. The van der Waals surface area contributed by atoms with Gasteiger partial charge < -0.3 is 39.7 Å². The zero-order valence-electron chi connectivity index (χ0n) is 25.0. The van der Waals surface area contributed by atoms with Gasteiger partial charge in [0.1, 0.15) is 12.7 Å². The van der Waals surface area contributed by atoms with Crippen molar-refractivity contribution >= 4 is 12.2 Å². The third-order valence-electron chi connectivity index (χ3n) is 12.4. The number of carbonyl (C=O) groups is 1. The van der Waals surface area contributed by atoms with Crippen LogP contribution in [0.5, 0.6) is 0 Å². The van der Waals surface area contributed by atoms with Gasteiger partial charge in [0, 0.05) is 49.1 Å². The van der Waals surface area contributed by atoms with Gasteiger partial charge in [0.2, 0.25) is 0 Å². The molecule has 2 aliphatic heterocycles. The van der Waals surface area contributed by atoms with E-state index in [1.54, 1.807) is 13.0 Å². The van der Waals surface area contributed by atoms with Crippen LogP contribution in [-0.2, 0) is 19.0 Å². The number of cyclic esters (lactones) is 1. The highest BCUT2D eigenvalue weighted by Gasteiger charge is 2.71. The van der Waals surface area contributed by atoms with Crippen molar-refractivity contribution in [2.45, 2.75) is 126 Å². The first kappa shape index (κ1) is 30.6. The third kappa shape index (κ3) is 4.71. The van der Waals surface area contributed by atoms with E-state index in [0.29, 0.717) is 58.1 Å². The highest BCUT2D eigenvalue weighted by Crippen LogP contribution is 2.70. The molecule has 5 N–H and O–H groups in total. The minimum Gasteiger partial charge on any atom is -0.458 e. The molecule has 1 saturated heterocycles. The molecule has 0 spiro atoms. The number of carbonyl (C=O) groups excluding carboxylic acids is 1. The van der Waals surface area contributed by atoms with Crippen molar-refractivity contribution in [2.75, 3.05) is 19.8 Å². The lowest BCUT2D eigenvalue weighted by Crippen LogP contribution is -2.69. The summed E-state index contributed by atoms with van der Waals surface area (Å²) in [5.74, 6) is -0.177. The van der Waals surface area contributed by atoms with Crippen LogP contribution in [0, 0.1) is 28.6 Å². The average molecular weight is 592 g/mol. The van der Waals surface area contributed by atoms with Gasteiger partial charge in [0.15, 0.2) is 6.29 Å². The third-order valence-corrected chi connectivity index (χ3v) is 12.4. The van der Waals surface area contributed by atoms with Crippen LogP contribution < -0.4 is 0 Å². The lowest BCUT2D eigenvalue weighted by molar-refractivity contribution is -0.282. The van der Waals surface area contributed by atoms with Crippen molar-refractivity contribution < 1.29 is 44.5 Å². The molecule has 236 valence electrons. The molecule has 2 heterocycles. The number of aliphatic hydroxyl groups is 5. The molecule has 4 aliphatic carbocycles. The maximum Gasteiger partial charge on any atom is 0.331 e. The van der Waals surface area contributed by atoms with Crippen molar-refractivity contribution in [3.63, 3.8) is 0 Å². The van der Waals surface area contributed by atoms with Gasteiger partial charge in [-0.15, -0.1) is 0 Å². The Morgan fingerprint density at radius 3 is 2.60 bits per heavy atom. The van der Waals surface area contributed by atoms with E-state index in [2.05, 4.69) is 6.92 Å². The van der Waals surface area contributed by atoms with Gasteiger partial charge in [-0.05, 0) is 88.0 Å². The number of aliphatic imine (C=N–C) groups is 1. The molecule has 5 fully saturated rings. The van der Waals surface area contributed by atoms with Crippen LogP contribution in [0.3, 0.4) is 0 Å². The zero-order valence-corrected chi connectivity index (χ0v) is 25.0. The Morgan fingerprint density at radius 1 is 1.10 bits per heavy atom. The first-order valence-corrected chi connectivity index (χ1v) is 16.1. The summed E-state index contributed by atoms with van der Waals surface area (Å²) < 4.78 is 17.4. The molecule has 0 amide bonds. The standard InChI is InChI=1S/C32H49NO9/c1-19-28(37)25(35)15-27(41-19)42-21-4-9-30(18-33-12-3-13-34)23-5-8-29(2)22(20-14-26(36)40-17-20)7-11-32(29,39)24(23)6-10-31(30,38)16-21/h14,18-19,21-25,27-28,34-35,37-39H,3-13,15-17H2,1-2H3. The SMILES string of the molecule is CC1OC(OC2CCC3(C=NCCCO)C4CCC5(C)C(C6=CC(=O)OC6)CCC5(O)C4CCC3(O)C2)CC(O)C1O. The van der Waals surface area contributed by atoms with Crippen LogP contribution in [0.4, 0.5) is 0 Å². The normalized spacial score (nSPS) is 50.6. The second-order valence-corrected chi connectivity index (χ2v) is 14.3. The summed E-state index contributed by atoms with van der Waals surface area (Å²) in [7, 11) is 0. The van der Waals surface area contributed by atoms with Crippen molar-refractivity contribution in [2.24, 2.45) is 33.6 Å². The quantitative estimate of drug-likeness (QED) is 0.129. The molecule has 0 aromatic rings. The molecule has 12 atom stereocenters. The van der Waals surface area contributed by atoms with Gasteiger partial charge in [-0.1, -0.05) is 6.92 Å². The molecule has 0 aromatic heterocycles. The zero-order chi connectivity index (χ0) is 29.9. The van der Waals surface area contributed by atoms with E-state index in [1.165, 1.54) is 0 Å². The highest BCUT2D eigenvalue weighted by molar-refractivity contribution is 5.85. The predicted molar refractivity (Wildman–Crippen MR) is 152 cm³/mol. The molecular formula is C32H49NO9. The van der Waals surface area contributed by atoms with Crippen molar-refractivity contribution in [1.29, 1.82) is 0 Å². The Bertz CT molecular complexity index is 1090. The summed E-state index contributed by atoms with van der Waals surface area (Å²) in [6, 6.07) is 0. The number of hydrogen-bond donors (Lipinski definition) is 5. The Hall–Kier alpha value is -1.40. The number of esters is 1. The molecular weight excluding hydrogens is 542 g/mol. The molecule has 0 aromatic carbocycles. The number of ether oxygens (including phenoxy) is 3. The summed E-state index contributed by atoms with van der Waals surface area (Å²) in [6.07, 6.45) is 7.02. The topological polar surface area (TPSA) is 158 Å². The molecule has 10 heteroatoms. The van der Waals surface area contributed by atoms with Crippen LogP contribution in [0.25, 0.3) is 0 Å². The fraction of sp³-hybridized carbons (Fsp3) is 0.875.